The van der Waals surface area contributed by atoms with Crippen LogP contribution in [0.25, 0.3) is 10.8 Å². The second-order valence-corrected chi connectivity index (χ2v) is 5.38. The van der Waals surface area contributed by atoms with Crippen LogP contribution in [-0.4, -0.2) is 40.4 Å². The molecular formula is C18H24O6. The quantitative estimate of drug-likeness (QED) is 0.688. The molecule has 0 aromatic heterocycles. The lowest BCUT2D eigenvalue weighted by Gasteiger charge is -2.28. The Balaban J connectivity index is 2.41. The molecule has 0 amide bonds. The molecule has 0 aliphatic carbocycles. The molecule has 6 nitrogen and oxygen atoms in total. The zero-order valence-corrected chi connectivity index (χ0v) is 14.9. The predicted octanol–water partition coefficient (Wildman–Crippen LogP) is 3.53. The normalized spacial score (nSPS) is 12.4. The largest absolute Gasteiger partial charge is 0.439 e. The van der Waals surface area contributed by atoms with Crippen molar-refractivity contribution in [2.75, 3.05) is 28.4 Å². The number of hydrogen-bond acceptors (Lipinski definition) is 6. The minimum Gasteiger partial charge on any atom is -0.439 e. The number of benzene rings is 2. The predicted molar refractivity (Wildman–Crippen MR) is 90.1 cm³/mol. The first-order valence-electron chi connectivity index (χ1n) is 7.50. The summed E-state index contributed by atoms with van der Waals surface area (Å²) in [5.74, 6) is -1.16. The first-order valence-corrected chi connectivity index (χ1v) is 7.50. The molecule has 24 heavy (non-hydrogen) atoms. The molecule has 2 aromatic rings. The van der Waals surface area contributed by atoms with Crippen molar-refractivity contribution in [3.63, 3.8) is 0 Å². The monoisotopic (exact) mass is 336 g/mol. The Morgan fingerprint density at radius 2 is 1.29 bits per heavy atom. The Labute approximate surface area is 142 Å². The van der Waals surface area contributed by atoms with Gasteiger partial charge in [-0.05, 0) is 23.6 Å². The van der Waals surface area contributed by atoms with E-state index in [1.165, 1.54) is 28.4 Å². The third kappa shape index (κ3) is 3.96. The number of methoxy groups -OCH3 is 4. The van der Waals surface area contributed by atoms with E-state index in [4.69, 9.17) is 28.4 Å². The van der Waals surface area contributed by atoms with E-state index in [2.05, 4.69) is 0 Å². The van der Waals surface area contributed by atoms with E-state index in [-0.39, 0.29) is 0 Å². The van der Waals surface area contributed by atoms with Crippen molar-refractivity contribution in [2.24, 2.45) is 0 Å². The maximum Gasteiger partial charge on any atom is 0.323 e. The maximum absolute atomic E-state index is 5.89. The molecule has 0 unspecified atom stereocenters. The van der Waals surface area contributed by atoms with Gasteiger partial charge in [0.25, 0.3) is 0 Å². The molecule has 0 fully saturated rings. The van der Waals surface area contributed by atoms with Gasteiger partial charge in [-0.1, -0.05) is 18.2 Å². The van der Waals surface area contributed by atoms with Crippen LogP contribution in [0.15, 0.2) is 36.4 Å². The van der Waals surface area contributed by atoms with Crippen LogP contribution in [0.1, 0.15) is 13.8 Å². The van der Waals surface area contributed by atoms with E-state index in [1.807, 2.05) is 36.4 Å². The van der Waals surface area contributed by atoms with E-state index >= 15 is 0 Å². The first-order chi connectivity index (χ1) is 11.4. The summed E-state index contributed by atoms with van der Waals surface area (Å²) in [4.78, 5) is 0. The van der Waals surface area contributed by atoms with Crippen molar-refractivity contribution >= 4 is 10.8 Å². The Morgan fingerprint density at radius 3 is 1.88 bits per heavy atom. The third-order valence-corrected chi connectivity index (χ3v) is 3.90. The fraction of sp³-hybridized carbons (Fsp3) is 0.444. The molecule has 0 bridgehead atoms. The second-order valence-electron chi connectivity index (χ2n) is 5.38. The molecule has 2 aromatic carbocycles. The minimum absolute atomic E-state index is 0.585. The van der Waals surface area contributed by atoms with E-state index in [9.17, 15) is 0 Å². The fourth-order valence-electron chi connectivity index (χ4n) is 2.12. The number of rotatable bonds is 8. The molecular weight excluding hydrogens is 312 g/mol. The van der Waals surface area contributed by atoms with Crippen molar-refractivity contribution in [2.45, 2.75) is 25.8 Å². The molecule has 6 heteroatoms. The van der Waals surface area contributed by atoms with Gasteiger partial charge in [0.1, 0.15) is 11.5 Å². The van der Waals surface area contributed by atoms with Crippen LogP contribution < -0.4 is 9.47 Å². The van der Waals surface area contributed by atoms with Crippen LogP contribution >= 0.6 is 0 Å². The lowest BCUT2D eigenvalue weighted by atomic mass is 10.1. The topological polar surface area (TPSA) is 55.4 Å². The lowest BCUT2D eigenvalue weighted by molar-refractivity contribution is -0.309. The highest BCUT2D eigenvalue weighted by molar-refractivity contribution is 5.89. The highest BCUT2D eigenvalue weighted by atomic mass is 16.9. The van der Waals surface area contributed by atoms with Gasteiger partial charge in [0.05, 0.1) is 0 Å². The van der Waals surface area contributed by atoms with Gasteiger partial charge < -0.3 is 28.4 Å². The van der Waals surface area contributed by atoms with E-state index < -0.39 is 11.9 Å². The van der Waals surface area contributed by atoms with Gasteiger partial charge in [-0.2, -0.15) is 0 Å². The van der Waals surface area contributed by atoms with Crippen LogP contribution in [-0.2, 0) is 18.9 Å². The van der Waals surface area contributed by atoms with Gasteiger partial charge in [0.15, 0.2) is 0 Å². The van der Waals surface area contributed by atoms with Crippen LogP contribution in [0.2, 0.25) is 0 Å². The Morgan fingerprint density at radius 1 is 0.708 bits per heavy atom. The zero-order valence-electron chi connectivity index (χ0n) is 14.9. The number of fused-ring (bicyclic) bond motifs is 1. The summed E-state index contributed by atoms with van der Waals surface area (Å²) < 4.78 is 32.7. The summed E-state index contributed by atoms with van der Waals surface area (Å²) in [6, 6.07) is 11.3. The van der Waals surface area contributed by atoms with E-state index in [0.717, 1.165) is 10.8 Å². The van der Waals surface area contributed by atoms with Crippen LogP contribution in [0, 0.1) is 0 Å². The fourth-order valence-corrected chi connectivity index (χ4v) is 2.12. The molecule has 0 heterocycles. The maximum atomic E-state index is 5.89. The van der Waals surface area contributed by atoms with Crippen molar-refractivity contribution < 1.29 is 28.4 Å². The van der Waals surface area contributed by atoms with Crippen molar-refractivity contribution in [3.05, 3.63) is 36.4 Å². The van der Waals surface area contributed by atoms with Crippen LogP contribution in [0.4, 0.5) is 0 Å². The summed E-state index contributed by atoms with van der Waals surface area (Å²) in [5, 5.41) is 1.84. The molecule has 0 spiro atoms. The molecule has 0 N–H and O–H groups in total. The number of ether oxygens (including phenoxy) is 6. The molecule has 0 aliphatic rings. The van der Waals surface area contributed by atoms with Crippen LogP contribution in [0.3, 0.4) is 0 Å². The molecule has 0 saturated heterocycles. The van der Waals surface area contributed by atoms with Gasteiger partial charge in [-0.25, -0.2) is 0 Å². The van der Waals surface area contributed by atoms with Gasteiger partial charge in [0.2, 0.25) is 0 Å². The van der Waals surface area contributed by atoms with Gasteiger partial charge in [-0.15, -0.1) is 0 Å². The second kappa shape index (κ2) is 7.36. The van der Waals surface area contributed by atoms with Crippen molar-refractivity contribution in [1.82, 2.24) is 0 Å². The Bertz CT molecular complexity index is 676. The smallest absolute Gasteiger partial charge is 0.323 e. The van der Waals surface area contributed by atoms with Gasteiger partial charge >= 0.3 is 11.9 Å². The summed E-state index contributed by atoms with van der Waals surface area (Å²) in [7, 11) is 6.07. The van der Waals surface area contributed by atoms with Gasteiger partial charge in [-0.3, -0.25) is 0 Å². The molecule has 0 radical (unpaired) electrons. The van der Waals surface area contributed by atoms with Crippen molar-refractivity contribution in [3.8, 4) is 11.5 Å². The summed E-state index contributed by atoms with van der Waals surface area (Å²) in [5.41, 5.74) is 0. The first kappa shape index (κ1) is 18.5. The highest BCUT2D eigenvalue weighted by Gasteiger charge is 2.27. The van der Waals surface area contributed by atoms with Crippen molar-refractivity contribution in [1.29, 1.82) is 0 Å². The third-order valence-electron chi connectivity index (χ3n) is 3.90. The van der Waals surface area contributed by atoms with E-state index in [0.29, 0.717) is 11.5 Å². The summed E-state index contributed by atoms with van der Waals surface area (Å²) >= 11 is 0. The van der Waals surface area contributed by atoms with Gasteiger partial charge in [0, 0.05) is 47.7 Å². The average molecular weight is 336 g/mol. The standard InChI is InChI=1S/C18H24O6/c1-17(19-3,20-4)23-14-11-10-13-8-7-9-16(15(13)12-14)24-18(2,21-5)22-6/h7-12H,1-6H3. The molecule has 0 aliphatic heterocycles. The zero-order chi connectivity index (χ0) is 17.8. The molecule has 2 rings (SSSR count). The Kier molecular flexibility index (Phi) is 5.66. The average Bonchev–Trinajstić information content (AvgIpc) is 2.62. The number of hydrogen-bond donors (Lipinski definition) is 0. The summed E-state index contributed by atoms with van der Waals surface area (Å²) in [6.07, 6.45) is 0. The molecule has 0 atom stereocenters. The SMILES string of the molecule is COC(C)(OC)Oc1ccc2cccc(OC(C)(OC)OC)c2c1. The molecule has 0 saturated carbocycles. The Hall–Kier alpha value is -1.86. The van der Waals surface area contributed by atoms with Crippen LogP contribution in [0.5, 0.6) is 11.5 Å². The van der Waals surface area contributed by atoms with E-state index in [1.54, 1.807) is 13.8 Å². The minimum atomic E-state index is -1.18. The lowest BCUT2D eigenvalue weighted by Crippen LogP contribution is -2.37. The summed E-state index contributed by atoms with van der Waals surface area (Å²) in [6.45, 7) is 3.38. The molecule has 132 valence electrons. The highest BCUT2D eigenvalue weighted by Crippen LogP contribution is 2.33.